The molecule has 1 amide bonds. The molecule has 0 aliphatic heterocycles. The van der Waals surface area contributed by atoms with Gasteiger partial charge in [-0.3, -0.25) is 24.1 Å². The highest BCUT2D eigenvalue weighted by atomic mass is 16.2. The summed E-state index contributed by atoms with van der Waals surface area (Å²) in [5.41, 5.74) is 5.64. The van der Waals surface area contributed by atoms with Crippen LogP contribution < -0.4 is 5.32 Å². The van der Waals surface area contributed by atoms with E-state index >= 15 is 0 Å². The van der Waals surface area contributed by atoms with Crippen molar-refractivity contribution < 1.29 is 4.79 Å². The second-order valence-electron chi connectivity index (χ2n) is 6.04. The molecule has 3 heterocycles. The van der Waals surface area contributed by atoms with E-state index in [2.05, 4.69) is 25.5 Å². The Balaban J connectivity index is 1.80. The van der Waals surface area contributed by atoms with Crippen molar-refractivity contribution in [1.82, 2.24) is 34.8 Å². The summed E-state index contributed by atoms with van der Waals surface area (Å²) < 4.78 is 3.40. The molecule has 0 radical (unpaired) electrons. The third-order valence-electron chi connectivity index (χ3n) is 4.14. The molecular weight excluding hydrogens is 318 g/mol. The van der Waals surface area contributed by atoms with Crippen LogP contribution in [0.1, 0.15) is 33.3 Å². The Hall–Kier alpha value is -3.03. The number of nitrogens with one attached hydrogen (secondary N) is 1. The molecule has 1 N–H and O–H groups in total. The Morgan fingerprint density at radius 2 is 1.84 bits per heavy atom. The van der Waals surface area contributed by atoms with Gasteiger partial charge in [-0.15, -0.1) is 0 Å². The van der Waals surface area contributed by atoms with Crippen molar-refractivity contribution in [3.8, 4) is 11.3 Å². The first-order chi connectivity index (χ1) is 11.9. The van der Waals surface area contributed by atoms with Gasteiger partial charge in [0.2, 0.25) is 0 Å². The predicted molar refractivity (Wildman–Crippen MR) is 92.8 cm³/mol. The number of hydrogen-bond donors (Lipinski definition) is 1. The number of carbonyl (C=O) groups is 1. The largest absolute Gasteiger partial charge is 0.345 e. The number of rotatable bonds is 4. The lowest BCUT2D eigenvalue weighted by atomic mass is 10.1. The van der Waals surface area contributed by atoms with Gasteiger partial charge in [0.15, 0.2) is 0 Å². The van der Waals surface area contributed by atoms with Gasteiger partial charge in [0.05, 0.1) is 35.5 Å². The highest BCUT2D eigenvalue weighted by Crippen LogP contribution is 2.25. The van der Waals surface area contributed by atoms with Crippen molar-refractivity contribution in [3.63, 3.8) is 0 Å². The average Bonchev–Trinajstić information content (AvgIpc) is 3.06. The maximum absolute atomic E-state index is 12.5. The zero-order chi connectivity index (χ0) is 18.1. The van der Waals surface area contributed by atoms with E-state index in [0.717, 1.165) is 28.3 Å². The molecule has 0 aliphatic carbocycles. The molecule has 3 aromatic rings. The fraction of sp³-hybridized carbons (Fsp3) is 0.353. The smallest absolute Gasteiger partial charge is 0.269 e. The molecule has 8 nitrogen and oxygen atoms in total. The van der Waals surface area contributed by atoms with E-state index in [4.69, 9.17) is 0 Å². The van der Waals surface area contributed by atoms with Crippen molar-refractivity contribution in [2.24, 2.45) is 14.1 Å². The lowest BCUT2D eigenvalue weighted by Gasteiger charge is -2.04. The van der Waals surface area contributed by atoms with Crippen LogP contribution in [-0.4, -0.2) is 35.4 Å². The van der Waals surface area contributed by atoms with Gasteiger partial charge in [0.25, 0.3) is 5.91 Å². The Morgan fingerprint density at radius 3 is 2.44 bits per heavy atom. The number of carbonyl (C=O) groups excluding carboxylic acids is 1. The fourth-order valence-electron chi connectivity index (χ4n) is 2.72. The van der Waals surface area contributed by atoms with Crippen LogP contribution in [0.2, 0.25) is 0 Å². The second kappa shape index (κ2) is 6.46. The number of aryl methyl sites for hydroxylation is 4. The van der Waals surface area contributed by atoms with Crippen LogP contribution in [0.25, 0.3) is 11.3 Å². The zero-order valence-electron chi connectivity index (χ0n) is 15.0. The standard InChI is InChI=1S/C17H21N7O/c1-10-7-19-13(8-18-10)9-20-17(25)15-6-14(22-24(15)5)16-11(2)21-23(4)12(16)3/h6-8H,9H2,1-5H3,(H,20,25). The van der Waals surface area contributed by atoms with Crippen molar-refractivity contribution in [1.29, 1.82) is 0 Å². The van der Waals surface area contributed by atoms with E-state index in [1.54, 1.807) is 30.2 Å². The molecule has 0 aromatic carbocycles. The Labute approximate surface area is 145 Å². The lowest BCUT2D eigenvalue weighted by Crippen LogP contribution is -2.25. The Bertz CT molecular complexity index is 921. The van der Waals surface area contributed by atoms with Crippen LogP contribution in [0, 0.1) is 20.8 Å². The topological polar surface area (TPSA) is 90.5 Å². The lowest BCUT2D eigenvalue weighted by molar-refractivity contribution is 0.0941. The van der Waals surface area contributed by atoms with E-state index in [-0.39, 0.29) is 5.91 Å². The maximum atomic E-state index is 12.5. The number of hydrogen-bond acceptors (Lipinski definition) is 5. The monoisotopic (exact) mass is 339 g/mol. The molecule has 0 fully saturated rings. The molecule has 25 heavy (non-hydrogen) atoms. The van der Waals surface area contributed by atoms with Crippen LogP contribution in [0.3, 0.4) is 0 Å². The van der Waals surface area contributed by atoms with Crippen LogP contribution in [0.4, 0.5) is 0 Å². The highest BCUT2D eigenvalue weighted by molar-refractivity contribution is 5.93. The molecular formula is C17H21N7O. The molecule has 0 spiro atoms. The van der Waals surface area contributed by atoms with Gasteiger partial charge in [0.1, 0.15) is 5.69 Å². The van der Waals surface area contributed by atoms with E-state index in [1.165, 1.54) is 0 Å². The summed E-state index contributed by atoms with van der Waals surface area (Å²) in [6, 6.07) is 1.78. The number of aromatic nitrogens is 6. The quantitative estimate of drug-likeness (QED) is 0.777. The normalized spacial score (nSPS) is 10.9. The van der Waals surface area contributed by atoms with Crippen LogP contribution in [0.15, 0.2) is 18.5 Å². The molecule has 3 aromatic heterocycles. The first kappa shape index (κ1) is 16.8. The first-order valence-electron chi connectivity index (χ1n) is 7.97. The third-order valence-corrected chi connectivity index (χ3v) is 4.14. The van der Waals surface area contributed by atoms with Gasteiger partial charge in [-0.25, -0.2) is 0 Å². The SMILES string of the molecule is Cc1cnc(CNC(=O)c2cc(-c3c(C)nn(C)c3C)nn2C)cn1. The molecule has 0 saturated carbocycles. The summed E-state index contributed by atoms with van der Waals surface area (Å²) in [5, 5.41) is 11.7. The van der Waals surface area contributed by atoms with E-state index in [9.17, 15) is 4.79 Å². The van der Waals surface area contributed by atoms with Gasteiger partial charge < -0.3 is 5.32 Å². The highest BCUT2D eigenvalue weighted by Gasteiger charge is 2.19. The van der Waals surface area contributed by atoms with Crippen LogP contribution in [0.5, 0.6) is 0 Å². The zero-order valence-corrected chi connectivity index (χ0v) is 15.0. The van der Waals surface area contributed by atoms with E-state index in [0.29, 0.717) is 17.9 Å². The molecule has 0 atom stereocenters. The molecule has 3 rings (SSSR count). The molecule has 0 bridgehead atoms. The predicted octanol–water partition coefficient (Wildman–Crippen LogP) is 1.47. The number of amides is 1. The van der Waals surface area contributed by atoms with Crippen molar-refractivity contribution in [3.05, 3.63) is 46.9 Å². The van der Waals surface area contributed by atoms with Gasteiger partial charge in [-0.05, 0) is 26.8 Å². The summed E-state index contributed by atoms with van der Waals surface area (Å²) >= 11 is 0. The van der Waals surface area contributed by atoms with Crippen LogP contribution >= 0.6 is 0 Å². The van der Waals surface area contributed by atoms with E-state index in [1.807, 2.05) is 32.5 Å². The molecule has 130 valence electrons. The number of nitrogens with zero attached hydrogens (tertiary/aromatic N) is 6. The first-order valence-corrected chi connectivity index (χ1v) is 7.97. The molecule has 8 heteroatoms. The Kier molecular flexibility index (Phi) is 4.35. The van der Waals surface area contributed by atoms with Gasteiger partial charge >= 0.3 is 0 Å². The second-order valence-corrected chi connectivity index (χ2v) is 6.04. The van der Waals surface area contributed by atoms with E-state index < -0.39 is 0 Å². The van der Waals surface area contributed by atoms with Gasteiger partial charge in [-0.2, -0.15) is 10.2 Å². The Morgan fingerprint density at radius 1 is 1.08 bits per heavy atom. The molecule has 0 aliphatic rings. The average molecular weight is 339 g/mol. The summed E-state index contributed by atoms with van der Waals surface area (Å²) in [7, 11) is 3.65. The van der Waals surface area contributed by atoms with Gasteiger partial charge in [0, 0.05) is 31.5 Å². The maximum Gasteiger partial charge on any atom is 0.269 e. The van der Waals surface area contributed by atoms with Gasteiger partial charge in [-0.1, -0.05) is 0 Å². The summed E-state index contributed by atoms with van der Waals surface area (Å²) in [6.07, 6.45) is 3.34. The summed E-state index contributed by atoms with van der Waals surface area (Å²) in [6.45, 7) is 6.11. The minimum absolute atomic E-state index is 0.206. The fourth-order valence-corrected chi connectivity index (χ4v) is 2.72. The molecule has 0 unspecified atom stereocenters. The van der Waals surface area contributed by atoms with Crippen molar-refractivity contribution in [2.75, 3.05) is 0 Å². The third kappa shape index (κ3) is 3.28. The van der Waals surface area contributed by atoms with Crippen molar-refractivity contribution >= 4 is 5.91 Å². The van der Waals surface area contributed by atoms with Crippen LogP contribution in [-0.2, 0) is 20.6 Å². The minimum Gasteiger partial charge on any atom is -0.345 e. The minimum atomic E-state index is -0.206. The summed E-state index contributed by atoms with van der Waals surface area (Å²) in [4.78, 5) is 20.9. The van der Waals surface area contributed by atoms with Crippen molar-refractivity contribution in [2.45, 2.75) is 27.3 Å². The summed E-state index contributed by atoms with van der Waals surface area (Å²) in [5.74, 6) is -0.206. The molecule has 0 saturated heterocycles.